The van der Waals surface area contributed by atoms with Crippen LogP contribution in [-0.2, 0) is 14.9 Å². The SMILES string of the molecule is CC(CCC(=O)NCCS(=O)(=O)O)[C@H]1CC[C@H]2[C@@H]3[C@H](O)C[C@@H]4C[C@H](O)CCC4(C)[C@H]3CCC12C. The zero-order valence-corrected chi connectivity index (χ0v) is 21.9. The topological polar surface area (TPSA) is 124 Å². The molecule has 0 aliphatic heterocycles. The Morgan fingerprint density at radius 2 is 1.71 bits per heavy atom. The lowest BCUT2D eigenvalue weighted by atomic mass is 9.43. The summed E-state index contributed by atoms with van der Waals surface area (Å²) >= 11 is 0. The maximum Gasteiger partial charge on any atom is 0.266 e. The van der Waals surface area contributed by atoms with Crippen molar-refractivity contribution >= 4 is 16.0 Å². The van der Waals surface area contributed by atoms with Gasteiger partial charge in [0.05, 0.1) is 18.0 Å². The Kier molecular flexibility index (Phi) is 7.47. The molecule has 1 amide bonds. The van der Waals surface area contributed by atoms with Gasteiger partial charge in [0.2, 0.25) is 5.91 Å². The van der Waals surface area contributed by atoms with E-state index in [1.165, 1.54) is 6.42 Å². The van der Waals surface area contributed by atoms with E-state index in [1.807, 2.05) is 0 Å². The van der Waals surface area contributed by atoms with Crippen LogP contribution in [0.4, 0.5) is 0 Å². The summed E-state index contributed by atoms with van der Waals surface area (Å²) in [6.07, 6.45) is 8.87. The highest BCUT2D eigenvalue weighted by Crippen LogP contribution is 2.68. The van der Waals surface area contributed by atoms with Gasteiger partial charge in [0.25, 0.3) is 10.1 Å². The first-order valence-corrected chi connectivity index (χ1v) is 15.0. The van der Waals surface area contributed by atoms with Crippen LogP contribution in [-0.4, -0.2) is 53.6 Å². The molecule has 4 saturated carbocycles. The Morgan fingerprint density at radius 1 is 1.03 bits per heavy atom. The van der Waals surface area contributed by atoms with E-state index >= 15 is 0 Å². The molecule has 196 valence electrons. The summed E-state index contributed by atoms with van der Waals surface area (Å²) in [5.41, 5.74) is 0.411. The molecule has 10 atom stereocenters. The maximum atomic E-state index is 12.2. The molecule has 0 spiro atoms. The molecule has 0 aromatic rings. The van der Waals surface area contributed by atoms with E-state index in [0.717, 1.165) is 51.4 Å². The number of amides is 1. The molecule has 4 N–H and O–H groups in total. The van der Waals surface area contributed by atoms with Gasteiger partial charge in [0, 0.05) is 13.0 Å². The normalized spacial score (nSPS) is 45.1. The molecular formula is C26H45NO6S. The number of hydrogen-bond donors (Lipinski definition) is 4. The van der Waals surface area contributed by atoms with Crippen LogP contribution >= 0.6 is 0 Å². The molecule has 0 heterocycles. The van der Waals surface area contributed by atoms with Crippen LogP contribution in [0.3, 0.4) is 0 Å². The van der Waals surface area contributed by atoms with E-state index in [-0.39, 0.29) is 35.5 Å². The van der Waals surface area contributed by atoms with Crippen LogP contribution in [0.5, 0.6) is 0 Å². The zero-order chi connectivity index (χ0) is 24.9. The molecule has 4 fully saturated rings. The summed E-state index contributed by atoms with van der Waals surface area (Å²) in [6, 6.07) is 0. The van der Waals surface area contributed by atoms with Crippen LogP contribution in [0.25, 0.3) is 0 Å². The predicted molar refractivity (Wildman–Crippen MR) is 130 cm³/mol. The molecule has 0 saturated heterocycles. The fraction of sp³-hybridized carbons (Fsp3) is 0.962. The van der Waals surface area contributed by atoms with Crippen LogP contribution in [0.2, 0.25) is 0 Å². The minimum Gasteiger partial charge on any atom is -0.393 e. The van der Waals surface area contributed by atoms with Crippen molar-refractivity contribution in [2.24, 2.45) is 46.3 Å². The average molecular weight is 500 g/mol. The number of carbonyl (C=O) groups excluding carboxylic acids is 1. The Morgan fingerprint density at radius 3 is 2.41 bits per heavy atom. The Hall–Kier alpha value is -0.700. The fourth-order valence-corrected chi connectivity index (χ4v) is 9.50. The number of fused-ring (bicyclic) bond motifs is 5. The molecule has 7 nitrogen and oxygen atoms in total. The Balaban J connectivity index is 1.39. The first kappa shape index (κ1) is 26.4. The highest BCUT2D eigenvalue weighted by atomic mass is 32.2. The van der Waals surface area contributed by atoms with Crippen molar-refractivity contribution in [1.82, 2.24) is 5.32 Å². The summed E-state index contributed by atoms with van der Waals surface area (Å²) in [6.45, 7) is 7.05. The van der Waals surface area contributed by atoms with Gasteiger partial charge in [-0.1, -0.05) is 20.8 Å². The van der Waals surface area contributed by atoms with Gasteiger partial charge in [-0.25, -0.2) is 0 Å². The van der Waals surface area contributed by atoms with Gasteiger partial charge in [-0.05, 0) is 104 Å². The molecule has 4 aliphatic carbocycles. The Labute approximate surface area is 205 Å². The quantitative estimate of drug-likeness (QED) is 0.398. The number of carbonyl (C=O) groups is 1. The first-order valence-electron chi connectivity index (χ1n) is 13.4. The van der Waals surface area contributed by atoms with Gasteiger partial charge in [-0.2, -0.15) is 8.42 Å². The fourth-order valence-electron chi connectivity index (χ4n) is 9.14. The lowest BCUT2D eigenvalue weighted by Crippen LogP contribution is -2.58. The summed E-state index contributed by atoms with van der Waals surface area (Å²) in [7, 11) is -4.06. The lowest BCUT2D eigenvalue weighted by Gasteiger charge is -2.62. The minimum absolute atomic E-state index is 0.0625. The molecule has 0 radical (unpaired) electrons. The third-order valence-corrected chi connectivity index (χ3v) is 11.6. The average Bonchev–Trinajstić information content (AvgIpc) is 3.09. The van der Waals surface area contributed by atoms with E-state index in [0.29, 0.717) is 41.9 Å². The summed E-state index contributed by atoms with van der Waals surface area (Å²) < 4.78 is 30.5. The van der Waals surface area contributed by atoms with Crippen molar-refractivity contribution in [1.29, 1.82) is 0 Å². The molecular weight excluding hydrogens is 454 g/mol. The standard InChI is InChI=1S/C26H45NO6S/c1-16(4-7-23(30)27-12-13-34(31,32)33)19-5-6-20-24-21(9-11-26(19,20)3)25(2)10-8-18(28)14-17(25)15-22(24)29/h16-22,24,28-29H,4-15H2,1-3H3,(H,27,30)(H,31,32,33)/t16?,17-,18+,19+,20-,21-,22+,24-,25?,26?/m0/s1. The van der Waals surface area contributed by atoms with Crippen molar-refractivity contribution in [3.8, 4) is 0 Å². The molecule has 34 heavy (non-hydrogen) atoms. The van der Waals surface area contributed by atoms with E-state index < -0.39 is 15.9 Å². The van der Waals surface area contributed by atoms with Crippen molar-refractivity contribution < 1.29 is 28.0 Å². The van der Waals surface area contributed by atoms with Gasteiger partial charge in [0.1, 0.15) is 0 Å². The number of hydrogen-bond acceptors (Lipinski definition) is 5. The largest absolute Gasteiger partial charge is 0.393 e. The smallest absolute Gasteiger partial charge is 0.266 e. The van der Waals surface area contributed by atoms with Crippen LogP contribution in [0.15, 0.2) is 0 Å². The number of rotatable bonds is 7. The second-order valence-corrected chi connectivity index (χ2v) is 14.2. The summed E-state index contributed by atoms with van der Waals surface area (Å²) in [5.74, 6) is 2.10. The van der Waals surface area contributed by atoms with Crippen molar-refractivity contribution in [3.63, 3.8) is 0 Å². The molecule has 0 aromatic carbocycles. The van der Waals surface area contributed by atoms with Gasteiger partial charge in [-0.3, -0.25) is 9.35 Å². The predicted octanol–water partition coefficient (Wildman–Crippen LogP) is 3.40. The minimum atomic E-state index is -4.06. The number of aliphatic hydroxyl groups excluding tert-OH is 2. The van der Waals surface area contributed by atoms with Crippen molar-refractivity contribution in [2.45, 2.75) is 97.2 Å². The van der Waals surface area contributed by atoms with E-state index in [9.17, 15) is 23.4 Å². The van der Waals surface area contributed by atoms with Gasteiger partial charge in [-0.15, -0.1) is 0 Å². The van der Waals surface area contributed by atoms with Crippen molar-refractivity contribution in [2.75, 3.05) is 12.3 Å². The van der Waals surface area contributed by atoms with E-state index in [1.54, 1.807) is 0 Å². The maximum absolute atomic E-state index is 12.2. The van der Waals surface area contributed by atoms with Crippen molar-refractivity contribution in [3.05, 3.63) is 0 Å². The van der Waals surface area contributed by atoms with Gasteiger partial charge in [0.15, 0.2) is 0 Å². The van der Waals surface area contributed by atoms with Crippen LogP contribution in [0.1, 0.15) is 85.0 Å². The van der Waals surface area contributed by atoms with Crippen LogP contribution < -0.4 is 5.32 Å². The summed E-state index contributed by atoms with van der Waals surface area (Å²) in [4.78, 5) is 12.2. The molecule has 4 rings (SSSR count). The second-order valence-electron chi connectivity index (χ2n) is 12.6. The third kappa shape index (κ3) is 4.94. The van der Waals surface area contributed by atoms with Gasteiger partial charge >= 0.3 is 0 Å². The highest BCUT2D eigenvalue weighted by Gasteiger charge is 2.62. The molecule has 4 aliphatic rings. The van der Waals surface area contributed by atoms with Gasteiger partial charge < -0.3 is 15.5 Å². The number of aliphatic hydroxyl groups is 2. The van der Waals surface area contributed by atoms with E-state index in [2.05, 4.69) is 26.1 Å². The number of nitrogens with one attached hydrogen (secondary N) is 1. The third-order valence-electron chi connectivity index (χ3n) is 10.9. The van der Waals surface area contributed by atoms with E-state index in [4.69, 9.17) is 4.55 Å². The molecule has 3 unspecified atom stereocenters. The summed E-state index contributed by atoms with van der Waals surface area (Å²) in [5, 5.41) is 24.2. The zero-order valence-electron chi connectivity index (χ0n) is 21.1. The monoisotopic (exact) mass is 499 g/mol. The Bertz CT molecular complexity index is 863. The first-order chi connectivity index (χ1) is 15.8. The molecule has 8 heteroatoms. The second kappa shape index (κ2) is 9.64. The lowest BCUT2D eigenvalue weighted by molar-refractivity contribution is -0.174. The highest BCUT2D eigenvalue weighted by molar-refractivity contribution is 7.85. The molecule has 0 aromatic heterocycles. The van der Waals surface area contributed by atoms with Crippen LogP contribution in [0, 0.1) is 46.3 Å². The molecule has 0 bridgehead atoms.